The Hall–Kier alpha value is -0.700. The Balaban J connectivity index is 2.63. The van der Waals surface area contributed by atoms with E-state index in [0.29, 0.717) is 20.8 Å². The molecule has 0 radical (unpaired) electrons. The first kappa shape index (κ1) is 14.4. The van der Waals surface area contributed by atoms with Crippen molar-refractivity contribution in [3.63, 3.8) is 0 Å². The lowest BCUT2D eigenvalue weighted by molar-refractivity contribution is 0.960. The van der Waals surface area contributed by atoms with Crippen molar-refractivity contribution in [2.24, 2.45) is 5.10 Å². The van der Waals surface area contributed by atoms with Gasteiger partial charge < -0.3 is 0 Å². The molecule has 17 heavy (non-hydrogen) atoms. The number of nitrogens with one attached hydrogen (secondary N) is 1. The Bertz CT molecular complexity index is 405. The Morgan fingerprint density at radius 1 is 1.24 bits per heavy atom. The highest BCUT2D eigenvalue weighted by Gasteiger charge is 2.06. The van der Waals surface area contributed by atoms with Gasteiger partial charge in [-0.1, -0.05) is 54.2 Å². The van der Waals surface area contributed by atoms with E-state index in [1.807, 2.05) is 12.2 Å². The van der Waals surface area contributed by atoms with Crippen molar-refractivity contribution >= 4 is 46.7 Å². The summed E-state index contributed by atoms with van der Waals surface area (Å²) < 4.78 is 0. The molecular formula is C12H13Cl3N2. The zero-order chi connectivity index (χ0) is 12.7. The van der Waals surface area contributed by atoms with E-state index in [1.54, 1.807) is 18.3 Å². The second kappa shape index (κ2) is 7.59. The lowest BCUT2D eigenvalue weighted by Gasteiger charge is -2.05. The first-order valence-electron chi connectivity index (χ1n) is 5.24. The maximum absolute atomic E-state index is 5.97. The topological polar surface area (TPSA) is 24.4 Å². The van der Waals surface area contributed by atoms with Crippen molar-refractivity contribution < 1.29 is 0 Å². The maximum atomic E-state index is 5.97. The van der Waals surface area contributed by atoms with Crippen LogP contribution in [0.1, 0.15) is 19.8 Å². The molecule has 0 aliphatic heterocycles. The molecule has 92 valence electrons. The molecule has 0 bridgehead atoms. The molecule has 1 N–H and O–H groups in total. The summed E-state index contributed by atoms with van der Waals surface area (Å²) in [4.78, 5) is 0. The van der Waals surface area contributed by atoms with Crippen LogP contribution in [0, 0.1) is 0 Å². The predicted octanol–water partition coefficient (Wildman–Crippen LogP) is 5.40. The predicted molar refractivity (Wildman–Crippen MR) is 77.6 cm³/mol. The number of benzene rings is 1. The monoisotopic (exact) mass is 290 g/mol. The second-order valence-corrected chi connectivity index (χ2v) is 4.60. The third-order valence-corrected chi connectivity index (χ3v) is 2.75. The Kier molecular flexibility index (Phi) is 6.41. The lowest BCUT2D eigenvalue weighted by Crippen LogP contribution is -1.90. The number of unbranched alkanes of at least 4 members (excludes halogenated alkanes) is 1. The minimum absolute atomic E-state index is 0.442. The molecule has 0 aromatic heterocycles. The van der Waals surface area contributed by atoms with E-state index in [1.165, 1.54) is 0 Å². The molecule has 0 spiro atoms. The Labute approximate surface area is 116 Å². The SMILES string of the molecule is CCC/C=C/C=N/Nc1c(Cl)cc(Cl)cc1Cl. The first-order chi connectivity index (χ1) is 8.15. The van der Waals surface area contributed by atoms with E-state index >= 15 is 0 Å². The normalized spacial score (nSPS) is 11.5. The molecule has 0 atom stereocenters. The highest BCUT2D eigenvalue weighted by Crippen LogP contribution is 2.33. The minimum atomic E-state index is 0.442. The number of anilines is 1. The molecule has 2 nitrogen and oxygen atoms in total. The van der Waals surface area contributed by atoms with Gasteiger partial charge in [0.2, 0.25) is 0 Å². The van der Waals surface area contributed by atoms with Crippen molar-refractivity contribution in [2.45, 2.75) is 19.8 Å². The van der Waals surface area contributed by atoms with Crippen LogP contribution in [0.4, 0.5) is 5.69 Å². The fraction of sp³-hybridized carbons (Fsp3) is 0.250. The van der Waals surface area contributed by atoms with Crippen molar-refractivity contribution in [3.05, 3.63) is 39.4 Å². The van der Waals surface area contributed by atoms with Gasteiger partial charge in [0.05, 0.1) is 15.7 Å². The summed E-state index contributed by atoms with van der Waals surface area (Å²) in [6, 6.07) is 3.22. The molecule has 1 aromatic carbocycles. The van der Waals surface area contributed by atoms with Gasteiger partial charge in [-0.25, -0.2) is 0 Å². The molecular weight excluding hydrogens is 279 g/mol. The van der Waals surface area contributed by atoms with Crippen LogP contribution >= 0.6 is 34.8 Å². The summed E-state index contributed by atoms with van der Waals surface area (Å²) in [7, 11) is 0. The van der Waals surface area contributed by atoms with Gasteiger partial charge in [-0.05, 0) is 24.6 Å². The third kappa shape index (κ3) is 4.99. The van der Waals surface area contributed by atoms with Gasteiger partial charge in [-0.3, -0.25) is 5.43 Å². The molecule has 5 heteroatoms. The number of halogens is 3. The van der Waals surface area contributed by atoms with Crippen LogP contribution in [0.3, 0.4) is 0 Å². The van der Waals surface area contributed by atoms with Crippen LogP contribution in [0.25, 0.3) is 0 Å². The number of allylic oxidation sites excluding steroid dienone is 2. The summed E-state index contributed by atoms with van der Waals surface area (Å²) >= 11 is 17.7. The summed E-state index contributed by atoms with van der Waals surface area (Å²) in [6.07, 6.45) is 7.71. The van der Waals surface area contributed by atoms with Crippen molar-refractivity contribution in [2.75, 3.05) is 5.43 Å². The average molecular weight is 292 g/mol. The van der Waals surface area contributed by atoms with Crippen LogP contribution in [0.15, 0.2) is 29.4 Å². The minimum Gasteiger partial charge on any atom is -0.275 e. The zero-order valence-corrected chi connectivity index (χ0v) is 11.6. The molecule has 0 aliphatic rings. The number of hydrogen-bond donors (Lipinski definition) is 1. The number of nitrogens with zero attached hydrogens (tertiary/aromatic N) is 1. The zero-order valence-electron chi connectivity index (χ0n) is 9.38. The lowest BCUT2D eigenvalue weighted by atomic mass is 10.3. The standard InChI is InChI=1S/C12H13Cl3N2/c1-2-3-4-5-6-16-17-12-10(14)7-9(13)8-11(12)15/h4-8,17H,2-3H2,1H3/b5-4+,16-6+. The fourth-order valence-corrected chi connectivity index (χ4v) is 2.02. The number of hydrogen-bond acceptors (Lipinski definition) is 2. The highest BCUT2D eigenvalue weighted by atomic mass is 35.5. The molecule has 0 amide bonds. The van der Waals surface area contributed by atoms with E-state index in [4.69, 9.17) is 34.8 Å². The summed E-state index contributed by atoms with van der Waals surface area (Å²) in [6.45, 7) is 2.12. The fourth-order valence-electron chi connectivity index (χ4n) is 1.12. The largest absolute Gasteiger partial charge is 0.275 e. The van der Waals surface area contributed by atoms with Crippen molar-refractivity contribution in [1.29, 1.82) is 0 Å². The van der Waals surface area contributed by atoms with Gasteiger partial charge in [0, 0.05) is 11.2 Å². The highest BCUT2D eigenvalue weighted by molar-refractivity contribution is 6.41. The van der Waals surface area contributed by atoms with Gasteiger partial charge in [-0.2, -0.15) is 5.10 Å². The van der Waals surface area contributed by atoms with E-state index in [2.05, 4.69) is 17.5 Å². The average Bonchev–Trinajstić information content (AvgIpc) is 2.26. The van der Waals surface area contributed by atoms with Gasteiger partial charge >= 0.3 is 0 Å². The van der Waals surface area contributed by atoms with Crippen LogP contribution in [0.2, 0.25) is 15.1 Å². The van der Waals surface area contributed by atoms with E-state index in [9.17, 15) is 0 Å². The number of rotatable bonds is 5. The molecule has 0 unspecified atom stereocenters. The number of hydrazone groups is 1. The first-order valence-corrected chi connectivity index (χ1v) is 6.37. The summed E-state index contributed by atoms with van der Waals surface area (Å²) in [5.74, 6) is 0. The second-order valence-electron chi connectivity index (χ2n) is 3.35. The quantitative estimate of drug-likeness (QED) is 0.570. The summed E-state index contributed by atoms with van der Waals surface area (Å²) in [5.41, 5.74) is 3.33. The van der Waals surface area contributed by atoms with Crippen molar-refractivity contribution in [1.82, 2.24) is 0 Å². The van der Waals surface area contributed by atoms with E-state index < -0.39 is 0 Å². The molecule has 0 aliphatic carbocycles. The van der Waals surface area contributed by atoms with Gasteiger partial charge in [0.1, 0.15) is 0 Å². The molecule has 0 heterocycles. The smallest absolute Gasteiger partial charge is 0.0935 e. The van der Waals surface area contributed by atoms with Gasteiger partial charge in [-0.15, -0.1) is 0 Å². The Morgan fingerprint density at radius 2 is 1.88 bits per heavy atom. The van der Waals surface area contributed by atoms with Gasteiger partial charge in [0.25, 0.3) is 0 Å². The Morgan fingerprint density at radius 3 is 2.47 bits per heavy atom. The maximum Gasteiger partial charge on any atom is 0.0935 e. The third-order valence-electron chi connectivity index (χ3n) is 1.94. The van der Waals surface area contributed by atoms with Gasteiger partial charge in [0.15, 0.2) is 0 Å². The molecule has 0 saturated heterocycles. The van der Waals surface area contributed by atoms with Crippen LogP contribution in [-0.2, 0) is 0 Å². The summed E-state index contributed by atoms with van der Waals surface area (Å²) in [5, 5.41) is 5.37. The molecule has 1 aromatic rings. The molecule has 0 fully saturated rings. The van der Waals surface area contributed by atoms with E-state index in [-0.39, 0.29) is 0 Å². The molecule has 0 saturated carbocycles. The van der Waals surface area contributed by atoms with Crippen LogP contribution < -0.4 is 5.43 Å². The van der Waals surface area contributed by atoms with Crippen LogP contribution in [0.5, 0.6) is 0 Å². The van der Waals surface area contributed by atoms with E-state index in [0.717, 1.165) is 12.8 Å². The molecule has 1 rings (SSSR count). The van der Waals surface area contributed by atoms with Crippen molar-refractivity contribution in [3.8, 4) is 0 Å². The van der Waals surface area contributed by atoms with Crippen LogP contribution in [-0.4, -0.2) is 6.21 Å².